The predicted molar refractivity (Wildman–Crippen MR) is 72.3 cm³/mol. The SMILES string of the molecule is CC(C)(C)P(c1c(F)c(F)cc(F)c1F)C(C)(C)C. The van der Waals surface area contributed by atoms with Crippen LogP contribution >= 0.6 is 7.92 Å². The van der Waals surface area contributed by atoms with E-state index < -0.39 is 46.8 Å². The average molecular weight is 294 g/mol. The van der Waals surface area contributed by atoms with Crippen molar-refractivity contribution in [2.24, 2.45) is 0 Å². The van der Waals surface area contributed by atoms with E-state index >= 15 is 0 Å². The summed E-state index contributed by atoms with van der Waals surface area (Å²) in [7, 11) is -1.44. The summed E-state index contributed by atoms with van der Waals surface area (Å²) in [5.74, 6) is -5.21. The zero-order valence-corrected chi connectivity index (χ0v) is 12.9. The minimum absolute atomic E-state index is 0.257. The zero-order chi connectivity index (χ0) is 15.2. The molecule has 0 aliphatic heterocycles. The molecule has 0 heterocycles. The summed E-state index contributed by atoms with van der Waals surface area (Å²) < 4.78 is 54.7. The third-order valence-electron chi connectivity index (χ3n) is 2.65. The van der Waals surface area contributed by atoms with E-state index in [-0.39, 0.29) is 6.07 Å². The molecule has 0 aromatic heterocycles. The van der Waals surface area contributed by atoms with Gasteiger partial charge >= 0.3 is 0 Å². The molecule has 0 N–H and O–H groups in total. The van der Waals surface area contributed by atoms with Gasteiger partial charge in [-0.2, -0.15) is 0 Å². The van der Waals surface area contributed by atoms with Gasteiger partial charge in [0, 0.05) is 6.07 Å². The van der Waals surface area contributed by atoms with Crippen LogP contribution in [0.25, 0.3) is 0 Å². The van der Waals surface area contributed by atoms with E-state index in [1.54, 1.807) is 0 Å². The van der Waals surface area contributed by atoms with Gasteiger partial charge in [0.05, 0.1) is 5.30 Å². The van der Waals surface area contributed by atoms with Gasteiger partial charge in [0.15, 0.2) is 23.3 Å². The van der Waals surface area contributed by atoms with Gasteiger partial charge in [0.2, 0.25) is 0 Å². The van der Waals surface area contributed by atoms with Crippen LogP contribution in [0.15, 0.2) is 6.07 Å². The summed E-state index contributed by atoms with van der Waals surface area (Å²) >= 11 is 0. The summed E-state index contributed by atoms with van der Waals surface area (Å²) in [6.45, 7) is 11.0. The molecule has 0 bridgehead atoms. The Morgan fingerprint density at radius 1 is 0.737 bits per heavy atom. The van der Waals surface area contributed by atoms with Crippen molar-refractivity contribution in [1.29, 1.82) is 0 Å². The van der Waals surface area contributed by atoms with Gasteiger partial charge in [-0.25, -0.2) is 17.6 Å². The first-order chi connectivity index (χ1) is 8.37. The quantitative estimate of drug-likeness (QED) is 0.390. The highest BCUT2D eigenvalue weighted by molar-refractivity contribution is 7.68. The molecule has 0 fully saturated rings. The van der Waals surface area contributed by atoms with Crippen LogP contribution in [0, 0.1) is 23.3 Å². The minimum Gasteiger partial charge on any atom is -0.204 e. The Bertz CT molecular complexity index is 443. The molecule has 0 unspecified atom stereocenters. The highest BCUT2D eigenvalue weighted by atomic mass is 31.1. The lowest BCUT2D eigenvalue weighted by Crippen LogP contribution is -2.35. The Morgan fingerprint density at radius 3 is 1.32 bits per heavy atom. The predicted octanol–water partition coefficient (Wildman–Crippen LogP) is 4.95. The molecule has 108 valence electrons. The highest BCUT2D eigenvalue weighted by Crippen LogP contribution is 2.59. The molecular formula is C14H19F4P. The van der Waals surface area contributed by atoms with E-state index in [0.717, 1.165) is 0 Å². The molecule has 0 spiro atoms. The standard InChI is InChI=1S/C14H19F4P/c1-13(2,3)19(14(4,5)6)12-10(17)8(15)7-9(16)11(12)18/h7H,1-6H3. The molecule has 0 nitrogen and oxygen atoms in total. The van der Waals surface area contributed by atoms with Gasteiger partial charge in [-0.05, 0) is 10.3 Å². The van der Waals surface area contributed by atoms with E-state index in [4.69, 9.17) is 0 Å². The second kappa shape index (κ2) is 5.05. The zero-order valence-electron chi connectivity index (χ0n) is 12.0. The third kappa shape index (κ3) is 3.28. The summed E-state index contributed by atoms with van der Waals surface area (Å²) in [5, 5.41) is -1.39. The largest absolute Gasteiger partial charge is 0.204 e. The third-order valence-corrected chi connectivity index (χ3v) is 6.18. The normalized spacial score (nSPS) is 13.2. The van der Waals surface area contributed by atoms with Crippen molar-refractivity contribution in [3.63, 3.8) is 0 Å². The molecule has 0 aliphatic rings. The molecule has 0 radical (unpaired) electrons. The van der Waals surface area contributed by atoms with E-state index in [2.05, 4.69) is 0 Å². The maximum Gasteiger partial charge on any atom is 0.169 e. The van der Waals surface area contributed by atoms with Crippen LogP contribution in [0.1, 0.15) is 41.5 Å². The smallest absolute Gasteiger partial charge is 0.169 e. The number of hydrogen-bond acceptors (Lipinski definition) is 0. The lowest BCUT2D eigenvalue weighted by molar-refractivity contribution is 0.462. The van der Waals surface area contributed by atoms with Crippen LogP contribution in [0.4, 0.5) is 17.6 Å². The lowest BCUT2D eigenvalue weighted by Gasteiger charge is -2.41. The van der Waals surface area contributed by atoms with E-state index in [9.17, 15) is 17.6 Å². The van der Waals surface area contributed by atoms with Crippen molar-refractivity contribution in [3.05, 3.63) is 29.3 Å². The van der Waals surface area contributed by atoms with E-state index in [0.29, 0.717) is 0 Å². The monoisotopic (exact) mass is 294 g/mol. The van der Waals surface area contributed by atoms with Crippen molar-refractivity contribution in [3.8, 4) is 0 Å². The molecular weight excluding hydrogens is 275 g/mol. The number of rotatable bonds is 1. The molecule has 1 aromatic carbocycles. The van der Waals surface area contributed by atoms with Crippen molar-refractivity contribution >= 4 is 13.2 Å². The first-order valence-electron chi connectivity index (χ1n) is 6.00. The van der Waals surface area contributed by atoms with Crippen molar-refractivity contribution < 1.29 is 17.6 Å². The van der Waals surface area contributed by atoms with Crippen LogP contribution in [0.5, 0.6) is 0 Å². The Hall–Kier alpha value is -0.630. The fourth-order valence-electron chi connectivity index (χ4n) is 2.43. The molecule has 0 saturated heterocycles. The Morgan fingerprint density at radius 2 is 1.05 bits per heavy atom. The molecule has 0 aliphatic carbocycles. The number of benzene rings is 1. The maximum atomic E-state index is 14.0. The van der Waals surface area contributed by atoms with Crippen LogP contribution in [0.3, 0.4) is 0 Å². The molecule has 0 atom stereocenters. The molecule has 5 heteroatoms. The maximum absolute atomic E-state index is 14.0. The Kier molecular flexibility index (Phi) is 4.36. The highest BCUT2D eigenvalue weighted by Gasteiger charge is 2.40. The van der Waals surface area contributed by atoms with Gasteiger partial charge in [0.25, 0.3) is 0 Å². The molecule has 19 heavy (non-hydrogen) atoms. The van der Waals surface area contributed by atoms with Gasteiger partial charge < -0.3 is 0 Å². The lowest BCUT2D eigenvalue weighted by atomic mass is 10.2. The fraction of sp³-hybridized carbons (Fsp3) is 0.571. The van der Waals surface area contributed by atoms with Gasteiger partial charge in [-0.15, -0.1) is 0 Å². The topological polar surface area (TPSA) is 0 Å². The Balaban J connectivity index is 3.66. The first-order valence-corrected chi connectivity index (χ1v) is 7.35. The second-order valence-corrected chi connectivity index (χ2v) is 10.3. The molecule has 1 aromatic rings. The molecule has 0 saturated carbocycles. The summed E-state index contributed by atoms with van der Waals surface area (Å²) in [6.07, 6.45) is 0. The number of hydrogen-bond donors (Lipinski definition) is 0. The second-order valence-electron chi connectivity index (χ2n) is 6.49. The fourth-order valence-corrected chi connectivity index (χ4v) is 6.39. The van der Waals surface area contributed by atoms with Crippen LogP contribution in [-0.4, -0.2) is 10.3 Å². The van der Waals surface area contributed by atoms with Crippen LogP contribution in [-0.2, 0) is 0 Å². The van der Waals surface area contributed by atoms with Gasteiger partial charge in [0.1, 0.15) is 0 Å². The number of halogens is 4. The van der Waals surface area contributed by atoms with Crippen LogP contribution in [0.2, 0.25) is 0 Å². The summed E-state index contributed by atoms with van der Waals surface area (Å²) in [6, 6.07) is 0.257. The first kappa shape index (κ1) is 16.4. The van der Waals surface area contributed by atoms with Crippen molar-refractivity contribution in [1.82, 2.24) is 0 Å². The van der Waals surface area contributed by atoms with Gasteiger partial charge in [-0.3, -0.25) is 0 Å². The Labute approximate surface area is 113 Å². The van der Waals surface area contributed by atoms with E-state index in [1.165, 1.54) is 0 Å². The average Bonchev–Trinajstić information content (AvgIpc) is 2.17. The molecule has 0 amide bonds. The minimum atomic E-state index is -1.44. The van der Waals surface area contributed by atoms with E-state index in [1.807, 2.05) is 41.5 Å². The van der Waals surface area contributed by atoms with Crippen LogP contribution < -0.4 is 5.30 Å². The molecule has 1 rings (SSSR count). The van der Waals surface area contributed by atoms with Crippen molar-refractivity contribution in [2.75, 3.05) is 0 Å². The summed E-state index contributed by atoms with van der Waals surface area (Å²) in [4.78, 5) is 0. The van der Waals surface area contributed by atoms with Crippen molar-refractivity contribution in [2.45, 2.75) is 51.9 Å². The summed E-state index contributed by atoms with van der Waals surface area (Å²) in [5.41, 5.74) is 0. The van der Waals surface area contributed by atoms with Gasteiger partial charge in [-0.1, -0.05) is 49.5 Å².